The average Bonchev–Trinajstić information content (AvgIpc) is 2.29. The lowest BCUT2D eigenvalue weighted by Gasteiger charge is -2.28. The minimum Gasteiger partial charge on any atom is -0.351 e. The van der Waals surface area contributed by atoms with Crippen molar-refractivity contribution in [2.75, 3.05) is 19.8 Å². The van der Waals surface area contributed by atoms with Gasteiger partial charge in [-0.1, -0.05) is 19.3 Å². The molecule has 1 N–H and O–H groups in total. The third-order valence-corrected chi connectivity index (χ3v) is 3.07. The predicted octanol–water partition coefficient (Wildman–Crippen LogP) is 1.67. The van der Waals surface area contributed by atoms with Gasteiger partial charge in [0.05, 0.1) is 13.2 Å². The molecule has 2 aliphatic rings. The summed E-state index contributed by atoms with van der Waals surface area (Å²) < 4.78 is 11.0. The molecule has 1 saturated carbocycles. The number of nitrogens with one attached hydrogen (secondary N) is 1. The van der Waals surface area contributed by atoms with Crippen molar-refractivity contribution in [1.29, 1.82) is 0 Å². The first-order valence-corrected chi connectivity index (χ1v) is 5.92. The number of hydrogen-bond donors (Lipinski definition) is 1. The Kier molecular flexibility index (Phi) is 4.22. The lowest BCUT2D eigenvalue weighted by atomic mass is 9.95. The van der Waals surface area contributed by atoms with Gasteiger partial charge in [0, 0.05) is 12.6 Å². The van der Waals surface area contributed by atoms with Crippen molar-refractivity contribution in [3.05, 3.63) is 0 Å². The van der Waals surface area contributed by atoms with E-state index in [-0.39, 0.29) is 6.29 Å². The molecule has 82 valence electrons. The summed E-state index contributed by atoms with van der Waals surface area (Å²) in [5, 5.41) is 3.54. The molecule has 1 saturated heterocycles. The lowest BCUT2D eigenvalue weighted by Crippen LogP contribution is -2.40. The van der Waals surface area contributed by atoms with E-state index in [1.165, 1.54) is 32.1 Å². The Hall–Kier alpha value is -0.120. The van der Waals surface area contributed by atoms with Crippen molar-refractivity contribution >= 4 is 0 Å². The summed E-state index contributed by atoms with van der Waals surface area (Å²) in [6.45, 7) is 2.58. The maximum atomic E-state index is 5.48. The van der Waals surface area contributed by atoms with Crippen LogP contribution in [0, 0.1) is 0 Å². The van der Waals surface area contributed by atoms with E-state index in [0.717, 1.165) is 26.2 Å². The van der Waals surface area contributed by atoms with Crippen molar-refractivity contribution in [3.63, 3.8) is 0 Å². The molecule has 3 nitrogen and oxygen atoms in total. The first kappa shape index (κ1) is 10.4. The van der Waals surface area contributed by atoms with Gasteiger partial charge < -0.3 is 14.8 Å². The summed E-state index contributed by atoms with van der Waals surface area (Å²) in [6.07, 6.45) is 7.87. The summed E-state index contributed by atoms with van der Waals surface area (Å²) >= 11 is 0. The quantitative estimate of drug-likeness (QED) is 0.750. The summed E-state index contributed by atoms with van der Waals surface area (Å²) in [7, 11) is 0. The molecule has 0 amide bonds. The molecule has 0 unspecified atom stereocenters. The molecule has 1 aliphatic heterocycles. The third kappa shape index (κ3) is 3.23. The van der Waals surface area contributed by atoms with Crippen LogP contribution in [0.1, 0.15) is 38.5 Å². The van der Waals surface area contributed by atoms with E-state index in [4.69, 9.17) is 9.47 Å². The fraction of sp³-hybridized carbons (Fsp3) is 1.00. The van der Waals surface area contributed by atoms with Crippen LogP contribution in [0.25, 0.3) is 0 Å². The molecular formula is C11H21NO2. The molecule has 0 aromatic carbocycles. The largest absolute Gasteiger partial charge is 0.351 e. The second-order valence-corrected chi connectivity index (χ2v) is 4.27. The average molecular weight is 199 g/mol. The fourth-order valence-corrected chi connectivity index (χ4v) is 2.22. The van der Waals surface area contributed by atoms with Gasteiger partial charge in [-0.2, -0.15) is 0 Å². The molecule has 2 fully saturated rings. The molecule has 0 bridgehead atoms. The Morgan fingerprint density at radius 2 is 1.64 bits per heavy atom. The highest BCUT2D eigenvalue weighted by Crippen LogP contribution is 2.17. The Morgan fingerprint density at radius 3 is 2.36 bits per heavy atom. The first-order chi connectivity index (χ1) is 6.95. The summed E-state index contributed by atoms with van der Waals surface area (Å²) in [5.41, 5.74) is 0. The zero-order valence-corrected chi connectivity index (χ0v) is 8.84. The van der Waals surface area contributed by atoms with Crippen molar-refractivity contribution in [3.8, 4) is 0 Å². The molecule has 0 aromatic rings. The van der Waals surface area contributed by atoms with Crippen molar-refractivity contribution in [1.82, 2.24) is 5.32 Å². The van der Waals surface area contributed by atoms with Crippen LogP contribution in [0.2, 0.25) is 0 Å². The molecule has 0 radical (unpaired) electrons. The van der Waals surface area contributed by atoms with E-state index in [1.54, 1.807) is 0 Å². The van der Waals surface area contributed by atoms with Crippen LogP contribution in [0.5, 0.6) is 0 Å². The van der Waals surface area contributed by atoms with Gasteiger partial charge >= 0.3 is 0 Å². The minimum atomic E-state index is 0.00526. The molecule has 0 spiro atoms. The summed E-state index contributed by atoms with van der Waals surface area (Å²) in [6, 6.07) is 0.706. The number of hydrogen-bond acceptors (Lipinski definition) is 3. The normalized spacial score (nSPS) is 26.6. The molecule has 2 rings (SSSR count). The van der Waals surface area contributed by atoms with Gasteiger partial charge in [0.25, 0.3) is 0 Å². The van der Waals surface area contributed by atoms with Crippen LogP contribution in [-0.4, -0.2) is 32.1 Å². The van der Waals surface area contributed by atoms with Gasteiger partial charge in [0.15, 0.2) is 6.29 Å². The van der Waals surface area contributed by atoms with Gasteiger partial charge in [-0.15, -0.1) is 0 Å². The predicted molar refractivity (Wildman–Crippen MR) is 55.2 cm³/mol. The zero-order chi connectivity index (χ0) is 9.64. The highest BCUT2D eigenvalue weighted by molar-refractivity contribution is 4.72. The second kappa shape index (κ2) is 5.69. The fourth-order valence-electron chi connectivity index (χ4n) is 2.22. The minimum absolute atomic E-state index is 0.00526. The molecule has 0 atom stereocenters. The van der Waals surface area contributed by atoms with Gasteiger partial charge in [0.2, 0.25) is 0 Å². The van der Waals surface area contributed by atoms with Gasteiger partial charge in [-0.25, -0.2) is 0 Å². The van der Waals surface area contributed by atoms with Crippen LogP contribution in [-0.2, 0) is 9.47 Å². The van der Waals surface area contributed by atoms with E-state index >= 15 is 0 Å². The Morgan fingerprint density at radius 1 is 0.929 bits per heavy atom. The Balaban J connectivity index is 1.60. The van der Waals surface area contributed by atoms with Crippen molar-refractivity contribution in [2.45, 2.75) is 50.9 Å². The smallest absolute Gasteiger partial charge is 0.169 e. The van der Waals surface area contributed by atoms with E-state index < -0.39 is 0 Å². The van der Waals surface area contributed by atoms with E-state index in [9.17, 15) is 0 Å². The molecule has 1 aliphatic carbocycles. The zero-order valence-electron chi connectivity index (χ0n) is 8.84. The molecular weight excluding hydrogens is 178 g/mol. The highest BCUT2D eigenvalue weighted by Gasteiger charge is 2.17. The number of rotatable bonds is 3. The maximum Gasteiger partial charge on any atom is 0.169 e. The SMILES string of the molecule is C1CCC(NCC2OCCCO2)CC1. The van der Waals surface area contributed by atoms with Crippen LogP contribution in [0.15, 0.2) is 0 Å². The van der Waals surface area contributed by atoms with E-state index in [1.807, 2.05) is 0 Å². The molecule has 14 heavy (non-hydrogen) atoms. The Bertz CT molecular complexity index is 133. The summed E-state index contributed by atoms with van der Waals surface area (Å²) in [4.78, 5) is 0. The van der Waals surface area contributed by atoms with Crippen LogP contribution >= 0.6 is 0 Å². The highest BCUT2D eigenvalue weighted by atomic mass is 16.7. The van der Waals surface area contributed by atoms with E-state index in [2.05, 4.69) is 5.32 Å². The standard InChI is InChI=1S/C11H21NO2/c1-2-5-10(6-3-1)12-9-11-13-7-4-8-14-11/h10-12H,1-9H2. The second-order valence-electron chi connectivity index (χ2n) is 4.27. The Labute approximate surface area is 86.2 Å². The van der Waals surface area contributed by atoms with Crippen LogP contribution < -0.4 is 5.32 Å². The van der Waals surface area contributed by atoms with E-state index in [0.29, 0.717) is 6.04 Å². The third-order valence-electron chi connectivity index (χ3n) is 3.07. The lowest BCUT2D eigenvalue weighted by molar-refractivity contribution is -0.176. The maximum absolute atomic E-state index is 5.48. The van der Waals surface area contributed by atoms with Crippen LogP contribution in [0.4, 0.5) is 0 Å². The van der Waals surface area contributed by atoms with Crippen LogP contribution in [0.3, 0.4) is 0 Å². The van der Waals surface area contributed by atoms with Gasteiger partial charge in [0.1, 0.15) is 0 Å². The van der Waals surface area contributed by atoms with Crippen molar-refractivity contribution in [2.24, 2.45) is 0 Å². The van der Waals surface area contributed by atoms with Crippen molar-refractivity contribution < 1.29 is 9.47 Å². The monoisotopic (exact) mass is 199 g/mol. The molecule has 1 heterocycles. The topological polar surface area (TPSA) is 30.5 Å². The van der Waals surface area contributed by atoms with Gasteiger partial charge in [-0.3, -0.25) is 0 Å². The number of ether oxygens (including phenoxy) is 2. The first-order valence-electron chi connectivity index (χ1n) is 5.92. The molecule has 3 heteroatoms. The summed E-state index contributed by atoms with van der Waals surface area (Å²) in [5.74, 6) is 0. The van der Waals surface area contributed by atoms with Gasteiger partial charge in [-0.05, 0) is 19.3 Å². The molecule has 0 aromatic heterocycles.